The third-order valence-electron chi connectivity index (χ3n) is 27.6. The normalized spacial score (nSPS) is 36.2. The summed E-state index contributed by atoms with van der Waals surface area (Å²) in [6.07, 6.45) is -59.0. The van der Waals surface area contributed by atoms with E-state index < -0.39 is 369 Å². The maximum absolute atomic E-state index is 14.3. The molecule has 0 aliphatic carbocycles. The van der Waals surface area contributed by atoms with E-state index in [-0.39, 0.29) is 12.8 Å². The van der Waals surface area contributed by atoms with E-state index in [1.165, 1.54) is 38.5 Å². The summed E-state index contributed by atoms with van der Waals surface area (Å²) in [5, 5.41) is 309. The highest BCUT2D eigenvalue weighted by atomic mass is 16.8. The maximum atomic E-state index is 14.3. The summed E-state index contributed by atoms with van der Waals surface area (Å²) < 4.78 is 83.5. The second-order valence-corrected chi connectivity index (χ2v) is 38.9. The summed E-state index contributed by atoms with van der Waals surface area (Å²) in [6, 6.07) is -9.64. The molecule has 31 N–H and O–H groups in total. The number of carbonyl (C=O) groups is 8. The molecule has 7 heterocycles. The Morgan fingerprint density at radius 1 is 0.372 bits per heavy atom. The second kappa shape index (κ2) is 60.7. The number of nitrogens with one attached hydrogen (secondary N) is 5. The molecule has 53 heteroatoms. The summed E-state index contributed by atoms with van der Waals surface area (Å²) in [7, 11) is 0. The van der Waals surface area contributed by atoms with Gasteiger partial charge in [-0.25, -0.2) is 14.4 Å². The molecule has 0 radical (unpaired) electrons. The summed E-state index contributed by atoms with van der Waals surface area (Å²) in [4.78, 5) is 107. The lowest BCUT2D eigenvalue weighted by Crippen LogP contribution is -2.73. The minimum Gasteiger partial charge on any atom is -0.477 e. The fourth-order valence-electron chi connectivity index (χ4n) is 19.2. The van der Waals surface area contributed by atoms with Crippen LogP contribution in [0.15, 0.2) is 0 Å². The Hall–Kier alpha value is -5.72. The van der Waals surface area contributed by atoms with Gasteiger partial charge in [0.15, 0.2) is 25.2 Å². The molecule has 0 aromatic heterocycles. The van der Waals surface area contributed by atoms with E-state index in [4.69, 9.17) is 66.3 Å². The quantitative estimate of drug-likeness (QED) is 0.0252. The van der Waals surface area contributed by atoms with Gasteiger partial charge in [0.1, 0.15) is 159 Å². The van der Waals surface area contributed by atoms with E-state index in [2.05, 4.69) is 47.4 Å². The van der Waals surface area contributed by atoms with E-state index in [0.29, 0.717) is 18.8 Å². The first-order chi connectivity index (χ1) is 68.7. The maximum Gasteiger partial charge on any atom is 0.364 e. The Bertz CT molecular complexity index is 3870. The van der Waals surface area contributed by atoms with Gasteiger partial charge in [-0.3, -0.25) is 24.0 Å². The molecule has 42 unspecified atom stereocenters. The van der Waals surface area contributed by atoms with Crippen molar-refractivity contribution in [2.75, 3.05) is 52.9 Å². The number of rotatable bonds is 63. The van der Waals surface area contributed by atoms with Gasteiger partial charge in [-0.15, -0.1) is 0 Å². The molecule has 842 valence electrons. The van der Waals surface area contributed by atoms with Crippen molar-refractivity contribution in [3.63, 3.8) is 0 Å². The Morgan fingerprint density at radius 2 is 0.738 bits per heavy atom. The van der Waals surface area contributed by atoms with Gasteiger partial charge >= 0.3 is 17.9 Å². The predicted molar refractivity (Wildman–Crippen MR) is 489 cm³/mol. The number of unbranched alkanes of at least 4 members (excludes halogenated alkanes) is 18. The van der Waals surface area contributed by atoms with Crippen molar-refractivity contribution in [1.82, 2.24) is 26.6 Å². The Labute approximate surface area is 838 Å². The molecule has 7 saturated heterocycles. The van der Waals surface area contributed by atoms with Crippen molar-refractivity contribution in [2.24, 2.45) is 5.92 Å². The number of hydrogen-bond acceptors (Lipinski definition) is 45. The first-order valence-corrected chi connectivity index (χ1v) is 50.2. The third kappa shape index (κ3) is 34.4. The Morgan fingerprint density at radius 3 is 1.16 bits per heavy atom. The van der Waals surface area contributed by atoms with Crippen LogP contribution in [0.1, 0.15) is 222 Å². The van der Waals surface area contributed by atoms with Crippen LogP contribution in [0.3, 0.4) is 0 Å². The van der Waals surface area contributed by atoms with Crippen LogP contribution in [0.2, 0.25) is 0 Å². The van der Waals surface area contributed by atoms with E-state index >= 15 is 0 Å². The van der Waals surface area contributed by atoms with Crippen LogP contribution in [0, 0.1) is 5.92 Å². The SMILES string of the molecule is CCCCCCCCCCCCCCCC(=O)NC(COC1OC(CO)C(OC2OC(CO)C(O)C(OC3OC(CO)C(O)C(OC4(C(=O)O)CC(O)C(NC(C)=O)C(C(O)C(CO)OC5OC(CO)C(OC6(C(=O)O)CC(O)C(NC(C)=O)C(C(O)C(O)CO)O6)C(OC6(C(=O)O)CC(O)C(NC(C)=O)C(C(O)C(O)CO)O6)C5O)O4)C3NC(C)=O)C2O)C(O)C1O)C(O)C(O)CCCCCCCCCC(C)CC. The summed E-state index contributed by atoms with van der Waals surface area (Å²) in [5.74, 6) is -22.0. The number of carboxylic acids is 3. The molecule has 7 fully saturated rings. The first-order valence-electron chi connectivity index (χ1n) is 50.2. The fourth-order valence-corrected chi connectivity index (χ4v) is 19.2. The molecule has 0 aromatic carbocycles. The minimum absolute atomic E-state index is 0.0427. The Balaban J connectivity index is 1.16. The monoisotopic (exact) mass is 2100 g/mol. The van der Waals surface area contributed by atoms with Crippen LogP contribution in [-0.2, 0) is 105 Å². The molecule has 7 aliphatic heterocycles. The van der Waals surface area contributed by atoms with E-state index in [0.717, 1.165) is 118 Å². The number of carboxylic acid groups (broad SMARTS) is 3. The standard InChI is InChI=1S/C92H161N5O48/c1-8-10-11-12-13-14-15-16-17-18-22-25-28-31-60(115)97-48(65(116)49(109)30-27-24-21-19-20-23-26-29-43(3)9-2)42-132-84-72(123)71(122)75(58(40-103)136-84)138-86-73(124)81(70(121)57(39-102)135-86)139-83-64(96-47(7)108)80(69(120)55(37-100)133-83)144-91(88(128)129)33-52(112)63(95-46(6)107)79(143-91)68(119)56(38-101)134-85-74(125)82(145-92(89(130)131)34-51(111)62(94-45(5)106)78(142-92)67(118)54(114)36-99)76(59(41-104)137-85)140-90(87(126)127)32-50(110)61(93-44(4)105)77(141-90)66(117)53(113)35-98/h43,48-59,61-86,98-104,109-114,116-125H,8-42H2,1-7H3,(H,93,105)(H,94,106)(H,95,107)(H,96,108)(H,97,115)(H,126,127)(H,128,129)(H,130,131). The molecular weight excluding hydrogens is 1940 g/mol. The van der Waals surface area contributed by atoms with Crippen molar-refractivity contribution in [2.45, 2.75) is 472 Å². The van der Waals surface area contributed by atoms with E-state index in [1.54, 1.807) is 0 Å². The predicted octanol–water partition coefficient (Wildman–Crippen LogP) is -8.81. The van der Waals surface area contributed by atoms with Gasteiger partial charge in [-0.05, 0) is 18.8 Å². The zero-order valence-electron chi connectivity index (χ0n) is 82.9. The second-order valence-electron chi connectivity index (χ2n) is 38.9. The smallest absolute Gasteiger partial charge is 0.364 e. The van der Waals surface area contributed by atoms with Crippen LogP contribution < -0.4 is 26.6 Å². The summed E-state index contributed by atoms with van der Waals surface area (Å²) >= 11 is 0. The molecule has 42 atom stereocenters. The summed E-state index contributed by atoms with van der Waals surface area (Å²) in [6.45, 7) is -0.150. The number of aliphatic hydroxyl groups is 23. The number of hydrogen-bond donors (Lipinski definition) is 31. The lowest BCUT2D eigenvalue weighted by Gasteiger charge is -2.53. The van der Waals surface area contributed by atoms with Crippen molar-refractivity contribution in [3.8, 4) is 0 Å². The lowest BCUT2D eigenvalue weighted by molar-refractivity contribution is -0.404. The van der Waals surface area contributed by atoms with Crippen molar-refractivity contribution < 1.29 is 237 Å². The van der Waals surface area contributed by atoms with Gasteiger partial charge in [0.2, 0.25) is 29.5 Å². The van der Waals surface area contributed by atoms with Crippen molar-refractivity contribution in [1.29, 1.82) is 0 Å². The summed E-state index contributed by atoms with van der Waals surface area (Å²) in [5.41, 5.74) is 0. The topological polar surface area (TPSA) is 852 Å². The molecule has 7 aliphatic rings. The Kier molecular flexibility index (Phi) is 52.8. The van der Waals surface area contributed by atoms with Crippen LogP contribution in [0.25, 0.3) is 0 Å². The first kappa shape index (κ1) is 126. The molecule has 0 saturated carbocycles. The molecule has 7 rings (SSSR count). The largest absolute Gasteiger partial charge is 0.477 e. The fraction of sp³-hybridized carbons (Fsp3) is 0.913. The minimum atomic E-state index is -3.68. The zero-order chi connectivity index (χ0) is 108. The molecular formula is C92H161N5O48. The zero-order valence-corrected chi connectivity index (χ0v) is 82.9. The van der Waals surface area contributed by atoms with Gasteiger partial charge in [0, 0.05) is 53.4 Å². The van der Waals surface area contributed by atoms with E-state index in [1.807, 2.05) is 0 Å². The number of carbonyl (C=O) groups excluding carboxylic acids is 5. The molecule has 0 spiro atoms. The van der Waals surface area contributed by atoms with Gasteiger partial charge in [-0.1, -0.05) is 156 Å². The van der Waals surface area contributed by atoms with Crippen LogP contribution in [0.5, 0.6) is 0 Å². The number of aliphatic carboxylic acids is 3. The van der Waals surface area contributed by atoms with Gasteiger partial charge < -0.3 is 226 Å². The van der Waals surface area contributed by atoms with Crippen molar-refractivity contribution >= 4 is 47.4 Å². The highest BCUT2D eigenvalue weighted by Crippen LogP contribution is 2.46. The molecule has 5 amide bonds. The molecule has 145 heavy (non-hydrogen) atoms. The number of amides is 5. The molecule has 53 nitrogen and oxygen atoms in total. The van der Waals surface area contributed by atoms with Gasteiger partial charge in [0.25, 0.3) is 17.4 Å². The average Bonchev–Trinajstić information content (AvgIpc) is 0.753. The van der Waals surface area contributed by atoms with Gasteiger partial charge in [0.05, 0.1) is 101 Å². The van der Waals surface area contributed by atoms with E-state index in [9.17, 15) is 171 Å². The van der Waals surface area contributed by atoms with Crippen molar-refractivity contribution in [3.05, 3.63) is 0 Å². The van der Waals surface area contributed by atoms with Gasteiger partial charge in [-0.2, -0.15) is 0 Å². The lowest BCUT2D eigenvalue weighted by atomic mass is 9.87. The van der Waals surface area contributed by atoms with Crippen LogP contribution in [-0.4, -0.2) is 483 Å². The van der Waals surface area contributed by atoms with Crippen LogP contribution >= 0.6 is 0 Å². The average molecular weight is 2110 g/mol. The highest BCUT2D eigenvalue weighted by molar-refractivity contribution is 5.79. The number of ether oxygens (including phenoxy) is 14. The third-order valence-corrected chi connectivity index (χ3v) is 27.6. The highest BCUT2D eigenvalue weighted by Gasteiger charge is 2.67. The molecule has 0 aromatic rings. The van der Waals surface area contributed by atoms with Crippen LogP contribution in [0.4, 0.5) is 0 Å². The number of aliphatic hydroxyl groups excluding tert-OH is 23. The molecule has 0 bridgehead atoms.